The number of carbonyl (C=O) groups is 1. The van der Waals surface area contributed by atoms with Gasteiger partial charge >= 0.3 is 5.97 Å². The van der Waals surface area contributed by atoms with E-state index >= 15 is 0 Å². The number of nitriles is 1. The summed E-state index contributed by atoms with van der Waals surface area (Å²) in [6.07, 6.45) is -2.61. The Labute approximate surface area is 148 Å². The number of nitrogens with two attached hydrogens (primary N) is 1. The van der Waals surface area contributed by atoms with Crippen LogP contribution in [0.4, 0.5) is 5.82 Å². The molecule has 0 saturated carbocycles. The second-order valence-electron chi connectivity index (χ2n) is 6.35. The number of nitrogens with zero attached hydrogens (tertiary/aromatic N) is 4. The van der Waals surface area contributed by atoms with Crippen LogP contribution in [-0.2, 0) is 19.9 Å². The first kappa shape index (κ1) is 18.1. The Morgan fingerprint density at radius 3 is 2.92 bits per heavy atom. The Morgan fingerprint density at radius 2 is 2.31 bits per heavy atom. The first-order valence-corrected chi connectivity index (χ1v) is 8.03. The third-order valence-corrected chi connectivity index (χ3v) is 4.36. The summed E-state index contributed by atoms with van der Waals surface area (Å²) >= 11 is 0. The molecular weight excluding hydrogens is 342 g/mol. The summed E-state index contributed by atoms with van der Waals surface area (Å²) in [5.74, 6) is -0.829. The molecular formula is C16H19N5O5. The van der Waals surface area contributed by atoms with Crippen molar-refractivity contribution in [3.8, 4) is 6.07 Å². The second-order valence-corrected chi connectivity index (χ2v) is 6.35. The first-order valence-electron chi connectivity index (χ1n) is 8.03. The van der Waals surface area contributed by atoms with E-state index in [2.05, 4.69) is 10.1 Å². The molecule has 0 aliphatic carbocycles. The Morgan fingerprint density at radius 1 is 1.58 bits per heavy atom. The maximum Gasteiger partial charge on any atom is 0.308 e. The van der Waals surface area contributed by atoms with Gasteiger partial charge in [-0.3, -0.25) is 4.79 Å². The highest BCUT2D eigenvalue weighted by atomic mass is 16.6. The van der Waals surface area contributed by atoms with Crippen LogP contribution in [-0.4, -0.2) is 55.7 Å². The fraction of sp³-hybridized carbons (Fsp3) is 0.500. The third-order valence-electron chi connectivity index (χ3n) is 4.36. The van der Waals surface area contributed by atoms with Crippen LogP contribution in [0.5, 0.6) is 0 Å². The van der Waals surface area contributed by atoms with Crippen LogP contribution in [0.1, 0.15) is 19.5 Å². The van der Waals surface area contributed by atoms with E-state index in [4.69, 9.17) is 15.2 Å². The van der Waals surface area contributed by atoms with Crippen molar-refractivity contribution in [3.63, 3.8) is 0 Å². The molecule has 0 unspecified atom stereocenters. The predicted octanol–water partition coefficient (Wildman–Crippen LogP) is -0.650. The highest BCUT2D eigenvalue weighted by Crippen LogP contribution is 2.41. The van der Waals surface area contributed by atoms with E-state index in [9.17, 15) is 20.3 Å². The van der Waals surface area contributed by atoms with E-state index in [0.717, 1.165) is 0 Å². The topological polar surface area (TPSA) is 156 Å². The van der Waals surface area contributed by atoms with Crippen molar-refractivity contribution in [1.29, 1.82) is 5.26 Å². The fourth-order valence-electron chi connectivity index (χ4n) is 2.96. The van der Waals surface area contributed by atoms with Crippen molar-refractivity contribution in [2.24, 2.45) is 5.92 Å². The molecule has 26 heavy (non-hydrogen) atoms. The smallest absolute Gasteiger partial charge is 0.308 e. The molecule has 2 aromatic heterocycles. The number of carbonyl (C=O) groups excluding carboxylic acids is 1. The van der Waals surface area contributed by atoms with Gasteiger partial charge in [0.15, 0.2) is 11.9 Å². The number of rotatable bonds is 4. The van der Waals surface area contributed by atoms with E-state index in [1.807, 2.05) is 6.07 Å². The molecule has 0 bridgehead atoms. The van der Waals surface area contributed by atoms with Gasteiger partial charge in [0.1, 0.15) is 30.1 Å². The van der Waals surface area contributed by atoms with Crippen LogP contribution in [0.3, 0.4) is 0 Å². The number of ether oxygens (including phenoxy) is 2. The van der Waals surface area contributed by atoms with Crippen molar-refractivity contribution < 1.29 is 24.5 Å². The van der Waals surface area contributed by atoms with Crippen LogP contribution in [0.2, 0.25) is 0 Å². The number of aliphatic hydroxyl groups is 2. The molecule has 2 aromatic rings. The SMILES string of the molecule is CC(C)C(=O)O[C@H]1[C@@H](O)[C@](C#N)(c2ccc3c(N)ncnn23)O[C@@H]1CO. The van der Waals surface area contributed by atoms with Gasteiger partial charge in [-0.2, -0.15) is 10.4 Å². The van der Waals surface area contributed by atoms with Gasteiger partial charge in [0.25, 0.3) is 0 Å². The van der Waals surface area contributed by atoms with Gasteiger partial charge in [0.2, 0.25) is 5.60 Å². The van der Waals surface area contributed by atoms with Crippen LogP contribution in [0.15, 0.2) is 18.5 Å². The number of aromatic nitrogens is 3. The summed E-state index contributed by atoms with van der Waals surface area (Å²) < 4.78 is 12.3. The largest absolute Gasteiger partial charge is 0.456 e. The first-order chi connectivity index (χ1) is 12.4. The fourth-order valence-corrected chi connectivity index (χ4v) is 2.96. The number of hydrogen-bond donors (Lipinski definition) is 3. The lowest BCUT2D eigenvalue weighted by atomic mass is 9.92. The van der Waals surface area contributed by atoms with E-state index in [-0.39, 0.29) is 11.5 Å². The summed E-state index contributed by atoms with van der Waals surface area (Å²) in [5.41, 5.74) is 4.52. The molecule has 1 aliphatic heterocycles. The van der Waals surface area contributed by atoms with Crippen LogP contribution in [0.25, 0.3) is 5.52 Å². The van der Waals surface area contributed by atoms with Gasteiger partial charge in [0.05, 0.1) is 18.2 Å². The minimum atomic E-state index is -1.90. The van der Waals surface area contributed by atoms with Crippen molar-refractivity contribution >= 4 is 17.3 Å². The summed E-state index contributed by atoms with van der Waals surface area (Å²) in [5, 5.41) is 34.3. The quantitative estimate of drug-likeness (QED) is 0.602. The number of esters is 1. The molecule has 1 saturated heterocycles. The molecule has 4 atom stereocenters. The predicted molar refractivity (Wildman–Crippen MR) is 87.4 cm³/mol. The van der Waals surface area contributed by atoms with E-state index < -0.39 is 42.4 Å². The zero-order chi connectivity index (χ0) is 19.1. The Bertz CT molecular complexity index is 876. The normalized spacial score (nSPS) is 28.4. The lowest BCUT2D eigenvalue weighted by Crippen LogP contribution is -2.43. The van der Waals surface area contributed by atoms with E-state index in [1.54, 1.807) is 19.9 Å². The summed E-state index contributed by atoms with van der Waals surface area (Å²) in [7, 11) is 0. The molecule has 0 radical (unpaired) electrons. The lowest BCUT2D eigenvalue weighted by molar-refractivity contribution is -0.160. The Kier molecular flexibility index (Phi) is 4.53. The number of hydrogen-bond acceptors (Lipinski definition) is 9. The molecule has 4 N–H and O–H groups in total. The Balaban J connectivity index is 2.07. The number of fused-ring (bicyclic) bond motifs is 1. The maximum atomic E-state index is 12.0. The van der Waals surface area contributed by atoms with E-state index in [0.29, 0.717) is 5.52 Å². The summed E-state index contributed by atoms with van der Waals surface area (Å²) in [6.45, 7) is 2.73. The van der Waals surface area contributed by atoms with Crippen molar-refractivity contribution in [2.75, 3.05) is 12.3 Å². The molecule has 0 amide bonds. The van der Waals surface area contributed by atoms with Gasteiger partial charge in [0, 0.05) is 0 Å². The van der Waals surface area contributed by atoms with Crippen molar-refractivity contribution in [1.82, 2.24) is 14.6 Å². The lowest BCUT2D eigenvalue weighted by Gasteiger charge is -2.25. The molecule has 3 rings (SSSR count). The van der Waals surface area contributed by atoms with Gasteiger partial charge in [-0.05, 0) is 12.1 Å². The third kappa shape index (κ3) is 2.57. The summed E-state index contributed by atoms with van der Waals surface area (Å²) in [4.78, 5) is 15.8. The second kappa shape index (κ2) is 6.53. The molecule has 0 aromatic carbocycles. The number of nitrogen functional groups attached to an aromatic ring is 1. The molecule has 0 spiro atoms. The minimum absolute atomic E-state index is 0.188. The Hall–Kier alpha value is -2.74. The minimum Gasteiger partial charge on any atom is -0.456 e. The average molecular weight is 361 g/mol. The van der Waals surface area contributed by atoms with Gasteiger partial charge < -0.3 is 25.4 Å². The molecule has 10 nitrogen and oxygen atoms in total. The average Bonchev–Trinajstić information content (AvgIpc) is 3.17. The zero-order valence-corrected chi connectivity index (χ0v) is 14.2. The number of aliphatic hydroxyl groups excluding tert-OH is 2. The molecule has 1 aliphatic rings. The van der Waals surface area contributed by atoms with Crippen molar-refractivity contribution in [2.45, 2.75) is 37.8 Å². The standard InChI is InChI=1S/C16H19N5O5/c1-8(2)15(24)25-12-10(5-22)26-16(6-17,13(12)23)11-4-3-9-14(18)19-7-20-21(9)11/h3-4,7-8,10,12-13,22-23H,5H2,1-2H3,(H2,18,19,20)/t10-,12-,13-,16+/m1/s1. The maximum absolute atomic E-state index is 12.0. The summed E-state index contributed by atoms with van der Waals surface area (Å²) in [6, 6.07) is 5.05. The van der Waals surface area contributed by atoms with Gasteiger partial charge in [-0.25, -0.2) is 9.50 Å². The van der Waals surface area contributed by atoms with Crippen LogP contribution < -0.4 is 5.73 Å². The highest BCUT2D eigenvalue weighted by molar-refractivity contribution is 5.72. The molecule has 1 fully saturated rings. The van der Waals surface area contributed by atoms with Crippen LogP contribution in [0, 0.1) is 17.2 Å². The number of anilines is 1. The van der Waals surface area contributed by atoms with Gasteiger partial charge in [-0.1, -0.05) is 13.8 Å². The highest BCUT2D eigenvalue weighted by Gasteiger charge is 2.59. The van der Waals surface area contributed by atoms with E-state index in [1.165, 1.54) is 16.9 Å². The molecule has 3 heterocycles. The van der Waals surface area contributed by atoms with Crippen molar-refractivity contribution in [3.05, 3.63) is 24.2 Å². The monoisotopic (exact) mass is 361 g/mol. The zero-order valence-electron chi connectivity index (χ0n) is 14.2. The van der Waals surface area contributed by atoms with Gasteiger partial charge in [-0.15, -0.1) is 0 Å². The molecule has 10 heteroatoms. The molecule has 138 valence electrons. The van der Waals surface area contributed by atoms with Crippen LogP contribution >= 0.6 is 0 Å².